The van der Waals surface area contributed by atoms with Crippen LogP contribution in [0.25, 0.3) is 16.6 Å². The van der Waals surface area contributed by atoms with Gasteiger partial charge in [0.1, 0.15) is 0 Å². The third kappa shape index (κ3) is 3.47. The summed E-state index contributed by atoms with van der Waals surface area (Å²) >= 11 is 0. The van der Waals surface area contributed by atoms with Gasteiger partial charge in [-0.1, -0.05) is 36.1 Å². The first-order valence-electron chi connectivity index (χ1n) is 8.79. The molecule has 1 atom stereocenters. The maximum absolute atomic E-state index is 11.8. The standard InChI is InChI=1S/C21H17N5O3/c1-13-23-24-20(29-13)21(2,28)11-10-14-6-5-7-15(12-14)26-17-9-4-3-8-16(17)18(25-26)19(22)27/h3-9,12,28H,1-2H3,(H2,22,27)/t21-/m1/s1. The van der Waals surface area contributed by atoms with Gasteiger partial charge < -0.3 is 15.3 Å². The van der Waals surface area contributed by atoms with E-state index in [0.717, 1.165) is 5.52 Å². The van der Waals surface area contributed by atoms with Crippen LogP contribution >= 0.6 is 0 Å². The molecular formula is C21H17N5O3. The Morgan fingerprint density at radius 3 is 2.72 bits per heavy atom. The highest BCUT2D eigenvalue weighted by atomic mass is 16.4. The highest BCUT2D eigenvalue weighted by Crippen LogP contribution is 2.23. The average Bonchev–Trinajstić information content (AvgIpc) is 3.31. The van der Waals surface area contributed by atoms with Crippen molar-refractivity contribution in [2.24, 2.45) is 5.73 Å². The number of nitrogens with two attached hydrogens (primary N) is 1. The topological polar surface area (TPSA) is 120 Å². The number of hydrogen-bond acceptors (Lipinski definition) is 6. The lowest BCUT2D eigenvalue weighted by Gasteiger charge is -2.10. The Balaban J connectivity index is 1.75. The van der Waals surface area contributed by atoms with Crippen molar-refractivity contribution in [1.82, 2.24) is 20.0 Å². The van der Waals surface area contributed by atoms with Crippen molar-refractivity contribution < 1.29 is 14.3 Å². The van der Waals surface area contributed by atoms with Crippen LogP contribution in [0.5, 0.6) is 0 Å². The number of para-hydroxylation sites is 1. The maximum atomic E-state index is 11.8. The Hall–Kier alpha value is -3.96. The van der Waals surface area contributed by atoms with Crippen LogP contribution < -0.4 is 5.73 Å². The summed E-state index contributed by atoms with van der Waals surface area (Å²) in [5, 5.41) is 23.1. The van der Waals surface area contributed by atoms with Crippen LogP contribution in [-0.2, 0) is 5.60 Å². The Morgan fingerprint density at radius 2 is 2.00 bits per heavy atom. The average molecular weight is 387 g/mol. The molecule has 0 unspecified atom stereocenters. The number of aliphatic hydroxyl groups is 1. The summed E-state index contributed by atoms with van der Waals surface area (Å²) in [7, 11) is 0. The highest BCUT2D eigenvalue weighted by Gasteiger charge is 2.27. The molecule has 0 saturated carbocycles. The monoisotopic (exact) mass is 387 g/mol. The van der Waals surface area contributed by atoms with Crippen molar-refractivity contribution in [1.29, 1.82) is 0 Å². The van der Waals surface area contributed by atoms with E-state index in [1.807, 2.05) is 30.3 Å². The van der Waals surface area contributed by atoms with E-state index in [9.17, 15) is 9.90 Å². The van der Waals surface area contributed by atoms with Crippen LogP contribution in [0, 0.1) is 18.8 Å². The number of benzene rings is 2. The van der Waals surface area contributed by atoms with Gasteiger partial charge in [-0.15, -0.1) is 10.2 Å². The number of rotatable bonds is 3. The number of carbonyl (C=O) groups is 1. The van der Waals surface area contributed by atoms with Crippen molar-refractivity contribution in [3.63, 3.8) is 0 Å². The van der Waals surface area contributed by atoms with E-state index < -0.39 is 11.5 Å². The lowest BCUT2D eigenvalue weighted by Crippen LogP contribution is -2.19. The zero-order valence-corrected chi connectivity index (χ0v) is 15.7. The summed E-state index contributed by atoms with van der Waals surface area (Å²) < 4.78 is 6.91. The number of primary amides is 1. The molecule has 29 heavy (non-hydrogen) atoms. The molecule has 4 aromatic rings. The Labute approximate surface area is 166 Å². The fourth-order valence-electron chi connectivity index (χ4n) is 2.90. The second-order valence-corrected chi connectivity index (χ2v) is 6.64. The largest absolute Gasteiger partial charge is 0.421 e. The lowest BCUT2D eigenvalue weighted by atomic mass is 10.1. The third-order valence-electron chi connectivity index (χ3n) is 4.30. The minimum atomic E-state index is -1.59. The second kappa shape index (κ2) is 6.89. The summed E-state index contributed by atoms with van der Waals surface area (Å²) in [6.45, 7) is 3.12. The van der Waals surface area contributed by atoms with Crippen molar-refractivity contribution in [3.05, 3.63) is 71.6 Å². The molecule has 0 spiro atoms. The van der Waals surface area contributed by atoms with Gasteiger partial charge in [0.05, 0.1) is 11.2 Å². The third-order valence-corrected chi connectivity index (χ3v) is 4.30. The van der Waals surface area contributed by atoms with Gasteiger partial charge in [-0.25, -0.2) is 4.68 Å². The van der Waals surface area contributed by atoms with E-state index in [1.54, 1.807) is 29.8 Å². The van der Waals surface area contributed by atoms with E-state index in [1.165, 1.54) is 6.92 Å². The molecule has 0 aliphatic rings. The van der Waals surface area contributed by atoms with Crippen molar-refractivity contribution in [2.45, 2.75) is 19.4 Å². The molecular weight excluding hydrogens is 370 g/mol. The predicted molar refractivity (Wildman–Crippen MR) is 105 cm³/mol. The maximum Gasteiger partial charge on any atom is 0.269 e. The molecule has 4 rings (SSSR count). The van der Waals surface area contributed by atoms with Crippen LogP contribution in [0.3, 0.4) is 0 Å². The molecule has 144 valence electrons. The summed E-state index contributed by atoms with van der Waals surface area (Å²) in [6.07, 6.45) is 0. The van der Waals surface area contributed by atoms with Gasteiger partial charge in [0.2, 0.25) is 11.5 Å². The van der Waals surface area contributed by atoms with Crippen LogP contribution in [-0.4, -0.2) is 31.0 Å². The van der Waals surface area contributed by atoms with Gasteiger partial charge in [0, 0.05) is 17.9 Å². The molecule has 2 aromatic carbocycles. The van der Waals surface area contributed by atoms with Gasteiger partial charge in [-0.05, 0) is 31.2 Å². The van der Waals surface area contributed by atoms with E-state index in [4.69, 9.17) is 10.2 Å². The molecule has 0 saturated heterocycles. The minimum Gasteiger partial charge on any atom is -0.421 e. The number of nitrogens with zero attached hydrogens (tertiary/aromatic N) is 4. The van der Waals surface area contributed by atoms with Gasteiger partial charge >= 0.3 is 0 Å². The lowest BCUT2D eigenvalue weighted by molar-refractivity contribution is 0.0881. The van der Waals surface area contributed by atoms with E-state index in [2.05, 4.69) is 27.1 Å². The van der Waals surface area contributed by atoms with Gasteiger partial charge in [0.15, 0.2) is 5.69 Å². The molecule has 8 heteroatoms. The SMILES string of the molecule is Cc1nnc([C@](C)(O)C#Cc2cccc(-n3nc(C(N)=O)c4ccccc43)c2)o1. The van der Waals surface area contributed by atoms with Crippen LogP contribution in [0.15, 0.2) is 52.9 Å². The summed E-state index contributed by atoms with van der Waals surface area (Å²) in [5.74, 6) is 5.45. The number of aryl methyl sites for hydroxylation is 1. The first kappa shape index (κ1) is 18.4. The fourth-order valence-corrected chi connectivity index (χ4v) is 2.90. The van der Waals surface area contributed by atoms with Gasteiger partial charge in [-0.3, -0.25) is 4.79 Å². The molecule has 0 fully saturated rings. The molecule has 0 aliphatic carbocycles. The van der Waals surface area contributed by atoms with E-state index in [-0.39, 0.29) is 11.6 Å². The summed E-state index contributed by atoms with van der Waals surface area (Å²) in [5.41, 5.74) is 6.17. The number of aromatic nitrogens is 4. The fraction of sp³-hybridized carbons (Fsp3) is 0.143. The van der Waals surface area contributed by atoms with Crippen LogP contribution in [0.1, 0.15) is 34.8 Å². The highest BCUT2D eigenvalue weighted by molar-refractivity contribution is 6.04. The molecule has 2 heterocycles. The van der Waals surface area contributed by atoms with Gasteiger partial charge in [-0.2, -0.15) is 5.10 Å². The molecule has 3 N–H and O–H groups in total. The van der Waals surface area contributed by atoms with Gasteiger partial charge in [0.25, 0.3) is 11.8 Å². The Morgan fingerprint density at radius 1 is 1.21 bits per heavy atom. The minimum absolute atomic E-state index is 0.0304. The first-order chi connectivity index (χ1) is 13.8. The quantitative estimate of drug-likeness (QED) is 0.519. The first-order valence-corrected chi connectivity index (χ1v) is 8.79. The molecule has 0 bridgehead atoms. The molecule has 8 nitrogen and oxygen atoms in total. The zero-order valence-electron chi connectivity index (χ0n) is 15.7. The molecule has 0 aliphatic heterocycles. The number of hydrogen-bond donors (Lipinski definition) is 2. The van der Waals surface area contributed by atoms with Crippen LogP contribution in [0.2, 0.25) is 0 Å². The van der Waals surface area contributed by atoms with Crippen molar-refractivity contribution >= 4 is 16.8 Å². The second-order valence-electron chi connectivity index (χ2n) is 6.64. The number of fused-ring (bicyclic) bond motifs is 1. The van der Waals surface area contributed by atoms with E-state index >= 15 is 0 Å². The Bertz CT molecular complexity index is 1290. The molecule has 0 radical (unpaired) electrons. The van der Waals surface area contributed by atoms with Crippen molar-refractivity contribution in [2.75, 3.05) is 0 Å². The normalized spacial score (nSPS) is 12.9. The number of carbonyl (C=O) groups excluding carboxylic acids is 1. The summed E-state index contributed by atoms with van der Waals surface area (Å²) in [4.78, 5) is 11.8. The number of amides is 1. The smallest absolute Gasteiger partial charge is 0.269 e. The molecule has 1 amide bonds. The zero-order chi connectivity index (χ0) is 20.6. The summed E-state index contributed by atoms with van der Waals surface area (Å²) in [6, 6.07) is 14.6. The van der Waals surface area contributed by atoms with Crippen molar-refractivity contribution in [3.8, 4) is 17.5 Å². The molecule has 2 aromatic heterocycles. The predicted octanol–water partition coefficient (Wildman–Crippen LogP) is 2.08. The Kier molecular flexibility index (Phi) is 4.37. The van der Waals surface area contributed by atoms with E-state index in [0.29, 0.717) is 22.5 Å². The van der Waals surface area contributed by atoms with Crippen LogP contribution in [0.4, 0.5) is 0 Å².